The van der Waals surface area contributed by atoms with Gasteiger partial charge in [-0.15, -0.1) is 0 Å². The molecule has 1 aromatic heterocycles. The summed E-state index contributed by atoms with van der Waals surface area (Å²) < 4.78 is 5.68. The lowest BCUT2D eigenvalue weighted by atomic mass is 10.0. The fourth-order valence-corrected chi connectivity index (χ4v) is 2.56. The molecule has 112 valence electrons. The van der Waals surface area contributed by atoms with Crippen molar-refractivity contribution < 1.29 is 24.5 Å². The van der Waals surface area contributed by atoms with Gasteiger partial charge in [0.15, 0.2) is 0 Å². The molecule has 22 heavy (non-hydrogen) atoms. The predicted molar refractivity (Wildman–Crippen MR) is 79.9 cm³/mol. The zero-order chi connectivity index (χ0) is 16.0. The average Bonchev–Trinajstić information content (AvgIpc) is 2.73. The minimum Gasteiger partial charge on any atom is -0.508 e. The van der Waals surface area contributed by atoms with Crippen molar-refractivity contribution in [2.24, 2.45) is 5.73 Å². The Bertz CT molecular complexity index is 890. The zero-order valence-corrected chi connectivity index (χ0v) is 11.6. The van der Waals surface area contributed by atoms with Crippen LogP contribution in [-0.2, 0) is 0 Å². The fraction of sp³-hybridized carbons (Fsp3) is 0.0625. The Hall–Kier alpha value is -3.15. The van der Waals surface area contributed by atoms with Crippen LogP contribution >= 0.6 is 0 Å². The molecule has 0 aliphatic heterocycles. The van der Waals surface area contributed by atoms with Gasteiger partial charge in [-0.05, 0) is 25.1 Å². The SMILES string of the molecule is Cc1c(-c2cc(O)cc(O)c2)oc2cc(O)cc(C(N)=O)c12. The Morgan fingerprint density at radius 3 is 2.18 bits per heavy atom. The van der Waals surface area contributed by atoms with Crippen LogP contribution in [0.25, 0.3) is 22.3 Å². The molecular weight excluding hydrogens is 286 g/mol. The summed E-state index contributed by atoms with van der Waals surface area (Å²) in [5.74, 6) is -0.689. The van der Waals surface area contributed by atoms with Gasteiger partial charge in [-0.2, -0.15) is 0 Å². The highest BCUT2D eigenvalue weighted by Gasteiger charge is 2.19. The van der Waals surface area contributed by atoms with Crippen LogP contribution in [0.1, 0.15) is 15.9 Å². The lowest BCUT2D eigenvalue weighted by Gasteiger charge is -2.02. The van der Waals surface area contributed by atoms with Crippen LogP contribution in [0.15, 0.2) is 34.7 Å². The van der Waals surface area contributed by atoms with Crippen molar-refractivity contribution in [2.75, 3.05) is 0 Å². The molecule has 5 N–H and O–H groups in total. The molecule has 0 spiro atoms. The first-order valence-electron chi connectivity index (χ1n) is 6.46. The largest absolute Gasteiger partial charge is 0.508 e. The quantitative estimate of drug-likeness (QED) is 0.580. The molecule has 0 aliphatic carbocycles. The van der Waals surface area contributed by atoms with Gasteiger partial charge >= 0.3 is 0 Å². The van der Waals surface area contributed by atoms with Crippen molar-refractivity contribution in [3.63, 3.8) is 0 Å². The number of carbonyl (C=O) groups excluding carboxylic acids is 1. The Labute approximate surface area is 125 Å². The number of benzene rings is 2. The summed E-state index contributed by atoms with van der Waals surface area (Å²) in [4.78, 5) is 11.6. The van der Waals surface area contributed by atoms with Crippen LogP contribution in [-0.4, -0.2) is 21.2 Å². The van der Waals surface area contributed by atoms with Crippen molar-refractivity contribution in [3.05, 3.63) is 41.5 Å². The Morgan fingerprint density at radius 1 is 1.00 bits per heavy atom. The molecule has 0 saturated carbocycles. The normalized spacial score (nSPS) is 11.0. The number of aromatic hydroxyl groups is 3. The van der Waals surface area contributed by atoms with Gasteiger partial charge in [0.05, 0.1) is 5.56 Å². The number of rotatable bonds is 2. The molecule has 6 heteroatoms. The van der Waals surface area contributed by atoms with Gasteiger partial charge in [0.25, 0.3) is 0 Å². The summed E-state index contributed by atoms with van der Waals surface area (Å²) in [5, 5.41) is 29.3. The van der Waals surface area contributed by atoms with E-state index < -0.39 is 5.91 Å². The summed E-state index contributed by atoms with van der Waals surface area (Å²) in [6.07, 6.45) is 0. The van der Waals surface area contributed by atoms with Crippen LogP contribution in [0, 0.1) is 6.92 Å². The third kappa shape index (κ3) is 2.10. The average molecular weight is 299 g/mol. The van der Waals surface area contributed by atoms with Crippen molar-refractivity contribution in [2.45, 2.75) is 6.92 Å². The topological polar surface area (TPSA) is 117 Å². The number of hydrogen-bond acceptors (Lipinski definition) is 5. The Balaban J connectivity index is 2.35. The van der Waals surface area contributed by atoms with Gasteiger partial charge in [-0.1, -0.05) is 0 Å². The molecule has 1 amide bonds. The number of amides is 1. The first-order valence-corrected chi connectivity index (χ1v) is 6.46. The summed E-state index contributed by atoms with van der Waals surface area (Å²) in [6.45, 7) is 1.73. The number of hydrogen-bond donors (Lipinski definition) is 4. The van der Waals surface area contributed by atoms with E-state index in [1.807, 2.05) is 0 Å². The number of carbonyl (C=O) groups is 1. The zero-order valence-electron chi connectivity index (χ0n) is 11.6. The van der Waals surface area contributed by atoms with E-state index in [9.17, 15) is 20.1 Å². The third-order valence-corrected chi connectivity index (χ3v) is 3.44. The van der Waals surface area contributed by atoms with Crippen molar-refractivity contribution in [1.29, 1.82) is 0 Å². The molecule has 0 unspecified atom stereocenters. The van der Waals surface area contributed by atoms with Crippen LogP contribution < -0.4 is 5.73 Å². The molecule has 3 aromatic rings. The molecule has 0 radical (unpaired) electrons. The lowest BCUT2D eigenvalue weighted by Crippen LogP contribution is -2.11. The maximum absolute atomic E-state index is 11.6. The van der Waals surface area contributed by atoms with E-state index in [0.29, 0.717) is 27.9 Å². The molecular formula is C16H13NO5. The smallest absolute Gasteiger partial charge is 0.249 e. The summed E-state index contributed by atoms with van der Waals surface area (Å²) in [5.41, 5.74) is 6.85. The Kier molecular flexibility index (Phi) is 2.95. The summed E-state index contributed by atoms with van der Waals surface area (Å²) in [6, 6.07) is 6.70. The number of furan rings is 1. The fourth-order valence-electron chi connectivity index (χ4n) is 2.56. The van der Waals surface area contributed by atoms with E-state index in [1.165, 1.54) is 30.3 Å². The van der Waals surface area contributed by atoms with E-state index in [0.717, 1.165) is 0 Å². The minimum absolute atomic E-state index is 0.118. The van der Waals surface area contributed by atoms with Gasteiger partial charge in [-0.3, -0.25) is 4.79 Å². The molecule has 0 saturated heterocycles. The number of phenols is 3. The van der Waals surface area contributed by atoms with Gasteiger partial charge < -0.3 is 25.5 Å². The van der Waals surface area contributed by atoms with E-state index in [-0.39, 0.29) is 22.8 Å². The Morgan fingerprint density at radius 2 is 1.59 bits per heavy atom. The van der Waals surface area contributed by atoms with Crippen LogP contribution in [0.4, 0.5) is 0 Å². The van der Waals surface area contributed by atoms with E-state index >= 15 is 0 Å². The highest BCUT2D eigenvalue weighted by Crippen LogP contribution is 2.38. The molecule has 0 atom stereocenters. The van der Waals surface area contributed by atoms with Crippen molar-refractivity contribution in [3.8, 4) is 28.6 Å². The second-order valence-corrected chi connectivity index (χ2v) is 5.02. The highest BCUT2D eigenvalue weighted by molar-refractivity contribution is 6.08. The van der Waals surface area contributed by atoms with Gasteiger partial charge in [-0.25, -0.2) is 0 Å². The molecule has 2 aromatic carbocycles. The monoisotopic (exact) mass is 299 g/mol. The van der Waals surface area contributed by atoms with Crippen LogP contribution in [0.3, 0.4) is 0 Å². The van der Waals surface area contributed by atoms with E-state index in [4.69, 9.17) is 10.2 Å². The maximum Gasteiger partial charge on any atom is 0.249 e. The molecule has 0 aliphatic rings. The highest BCUT2D eigenvalue weighted by atomic mass is 16.3. The van der Waals surface area contributed by atoms with E-state index in [2.05, 4.69) is 0 Å². The molecule has 6 nitrogen and oxygen atoms in total. The maximum atomic E-state index is 11.6. The molecule has 0 fully saturated rings. The van der Waals surface area contributed by atoms with Crippen LogP contribution in [0.2, 0.25) is 0 Å². The summed E-state index contributed by atoms with van der Waals surface area (Å²) >= 11 is 0. The first-order chi connectivity index (χ1) is 10.4. The van der Waals surface area contributed by atoms with Crippen LogP contribution in [0.5, 0.6) is 17.2 Å². The standard InChI is InChI=1S/C16H13NO5/c1-7-14-12(16(17)21)5-11(20)6-13(14)22-15(7)8-2-9(18)4-10(19)3-8/h2-6,18-20H,1H3,(H2,17,21). The third-order valence-electron chi connectivity index (χ3n) is 3.44. The second-order valence-electron chi connectivity index (χ2n) is 5.02. The van der Waals surface area contributed by atoms with Gasteiger partial charge in [0, 0.05) is 28.6 Å². The molecule has 0 bridgehead atoms. The van der Waals surface area contributed by atoms with Gasteiger partial charge in [0.1, 0.15) is 28.6 Å². The molecule has 1 heterocycles. The number of primary amides is 1. The van der Waals surface area contributed by atoms with Gasteiger partial charge in [0.2, 0.25) is 5.91 Å². The van der Waals surface area contributed by atoms with E-state index in [1.54, 1.807) is 6.92 Å². The minimum atomic E-state index is -0.685. The second kappa shape index (κ2) is 4.70. The lowest BCUT2D eigenvalue weighted by molar-refractivity contribution is 0.100. The predicted octanol–water partition coefficient (Wildman–Crippen LogP) is 2.62. The summed E-state index contributed by atoms with van der Waals surface area (Å²) in [7, 11) is 0. The number of fused-ring (bicyclic) bond motifs is 1. The number of aryl methyl sites for hydroxylation is 1. The first kappa shape index (κ1) is 13.8. The van der Waals surface area contributed by atoms with Crippen molar-refractivity contribution in [1.82, 2.24) is 0 Å². The molecule has 3 rings (SSSR count). The number of phenolic OH excluding ortho intramolecular Hbond substituents is 3. The number of nitrogens with two attached hydrogens (primary N) is 1. The van der Waals surface area contributed by atoms with Crippen molar-refractivity contribution >= 4 is 16.9 Å².